The number of nitrogens with one attached hydrogen (secondary N) is 2. The zero-order valence-corrected chi connectivity index (χ0v) is 18.8. The average molecular weight is 440 g/mol. The second-order valence-corrected chi connectivity index (χ2v) is 9.59. The van der Waals surface area contributed by atoms with Gasteiger partial charge in [0.2, 0.25) is 5.91 Å². The number of rotatable bonds is 7. The third-order valence-corrected chi connectivity index (χ3v) is 6.89. The highest BCUT2D eigenvalue weighted by Gasteiger charge is 2.26. The summed E-state index contributed by atoms with van der Waals surface area (Å²) in [6, 6.07) is 3.78. The van der Waals surface area contributed by atoms with E-state index in [1.54, 1.807) is 17.4 Å². The molecule has 0 bridgehead atoms. The summed E-state index contributed by atoms with van der Waals surface area (Å²) in [4.78, 5) is 18.4. The Hall–Kier alpha value is -1.14. The molecule has 152 valence electrons. The van der Waals surface area contributed by atoms with Crippen molar-refractivity contribution >= 4 is 45.6 Å². The van der Waals surface area contributed by atoms with Crippen molar-refractivity contribution in [1.29, 1.82) is 0 Å². The third-order valence-electron chi connectivity index (χ3n) is 5.12. The molecule has 1 amide bonds. The summed E-state index contributed by atoms with van der Waals surface area (Å²) in [5.41, 5.74) is 2.36. The standard InChI is InChI=1S/C21H27Cl2N3OS/c1-4-5-18(20(27)26-21-24-11-19(28-21)12(2)3)25-15-7-6-13-8-14(22)9-17(23)16(13)10-15/h8-9,11-12,15,18,25H,4-7,10H2,1-3H3,(H,24,26,27)/t15?,18-/m0/s1. The highest BCUT2D eigenvalue weighted by atomic mass is 35.5. The minimum absolute atomic E-state index is 0.0143. The van der Waals surface area contributed by atoms with Crippen molar-refractivity contribution in [3.05, 3.63) is 44.4 Å². The number of nitrogens with zero attached hydrogens (tertiary/aromatic N) is 1. The van der Waals surface area contributed by atoms with E-state index in [1.807, 2.05) is 12.3 Å². The topological polar surface area (TPSA) is 54.0 Å². The monoisotopic (exact) mass is 439 g/mol. The number of aryl methyl sites for hydroxylation is 1. The molecule has 7 heteroatoms. The Morgan fingerprint density at radius 3 is 2.82 bits per heavy atom. The normalized spacial score (nSPS) is 17.4. The quantitative estimate of drug-likeness (QED) is 0.570. The highest BCUT2D eigenvalue weighted by molar-refractivity contribution is 7.15. The first kappa shape index (κ1) is 21.6. The van der Waals surface area contributed by atoms with Crippen molar-refractivity contribution in [2.75, 3.05) is 5.32 Å². The van der Waals surface area contributed by atoms with Gasteiger partial charge in [-0.05, 0) is 54.9 Å². The van der Waals surface area contributed by atoms with Crippen LogP contribution in [-0.4, -0.2) is 23.0 Å². The van der Waals surface area contributed by atoms with E-state index in [-0.39, 0.29) is 18.0 Å². The molecule has 4 nitrogen and oxygen atoms in total. The molecule has 1 aliphatic rings. The van der Waals surface area contributed by atoms with E-state index in [0.717, 1.165) is 42.7 Å². The minimum Gasteiger partial charge on any atom is -0.303 e. The molecule has 2 aromatic rings. The minimum atomic E-state index is -0.242. The third kappa shape index (κ3) is 5.26. The van der Waals surface area contributed by atoms with Gasteiger partial charge in [-0.2, -0.15) is 0 Å². The van der Waals surface area contributed by atoms with Crippen LogP contribution in [0.1, 0.15) is 62.0 Å². The Morgan fingerprint density at radius 2 is 2.14 bits per heavy atom. The molecule has 0 fully saturated rings. The fraction of sp³-hybridized carbons (Fsp3) is 0.524. The molecule has 0 radical (unpaired) electrons. The largest absolute Gasteiger partial charge is 0.303 e. The molecule has 3 rings (SSSR count). The van der Waals surface area contributed by atoms with E-state index >= 15 is 0 Å². The van der Waals surface area contributed by atoms with Crippen LogP contribution in [0.4, 0.5) is 5.13 Å². The zero-order valence-electron chi connectivity index (χ0n) is 16.5. The second-order valence-electron chi connectivity index (χ2n) is 7.68. The van der Waals surface area contributed by atoms with Crippen LogP contribution < -0.4 is 10.6 Å². The summed E-state index contributed by atoms with van der Waals surface area (Å²) >= 11 is 14.1. The number of halogens is 2. The van der Waals surface area contributed by atoms with E-state index in [1.165, 1.54) is 10.4 Å². The average Bonchev–Trinajstić information content (AvgIpc) is 3.10. The van der Waals surface area contributed by atoms with Gasteiger partial charge in [-0.25, -0.2) is 4.98 Å². The molecule has 2 N–H and O–H groups in total. The van der Waals surface area contributed by atoms with Crippen LogP contribution in [-0.2, 0) is 17.6 Å². The molecule has 1 heterocycles. The summed E-state index contributed by atoms with van der Waals surface area (Å²) in [7, 11) is 0. The number of aromatic nitrogens is 1. The van der Waals surface area contributed by atoms with E-state index in [2.05, 4.69) is 36.4 Å². The summed E-state index contributed by atoms with van der Waals surface area (Å²) in [5, 5.41) is 8.62. The van der Waals surface area contributed by atoms with Crippen LogP contribution in [0.3, 0.4) is 0 Å². The van der Waals surface area contributed by atoms with E-state index in [9.17, 15) is 4.79 Å². The second kappa shape index (κ2) is 9.57. The van der Waals surface area contributed by atoms with Gasteiger partial charge in [-0.1, -0.05) is 50.4 Å². The molecule has 1 aliphatic carbocycles. The van der Waals surface area contributed by atoms with Crippen molar-refractivity contribution < 1.29 is 4.79 Å². The van der Waals surface area contributed by atoms with Crippen LogP contribution in [0.5, 0.6) is 0 Å². The van der Waals surface area contributed by atoms with Crippen LogP contribution in [0.2, 0.25) is 10.0 Å². The van der Waals surface area contributed by atoms with Gasteiger partial charge in [0.15, 0.2) is 5.13 Å². The van der Waals surface area contributed by atoms with Gasteiger partial charge in [0, 0.05) is 27.2 Å². The van der Waals surface area contributed by atoms with Gasteiger partial charge in [0.1, 0.15) is 0 Å². The van der Waals surface area contributed by atoms with Crippen molar-refractivity contribution in [3.63, 3.8) is 0 Å². The molecule has 1 unspecified atom stereocenters. The highest BCUT2D eigenvalue weighted by Crippen LogP contribution is 2.31. The molecule has 0 saturated heterocycles. The first-order chi connectivity index (χ1) is 13.4. The molecule has 1 aromatic heterocycles. The van der Waals surface area contributed by atoms with E-state index in [0.29, 0.717) is 16.1 Å². The molecule has 2 atom stereocenters. The maximum absolute atomic E-state index is 12.9. The predicted octanol–water partition coefficient (Wildman–Crippen LogP) is 5.83. The fourth-order valence-corrected chi connectivity index (χ4v) is 5.03. The molecule has 1 aromatic carbocycles. The Bertz CT molecular complexity index is 837. The number of thiazole rings is 1. The number of hydrogen-bond acceptors (Lipinski definition) is 4. The van der Waals surface area contributed by atoms with Crippen molar-refractivity contribution in [3.8, 4) is 0 Å². The van der Waals surface area contributed by atoms with Crippen molar-refractivity contribution in [1.82, 2.24) is 10.3 Å². The molecule has 0 aliphatic heterocycles. The fourth-order valence-electron chi connectivity index (χ4n) is 3.60. The molecule has 28 heavy (non-hydrogen) atoms. The van der Waals surface area contributed by atoms with Crippen LogP contribution in [0.25, 0.3) is 0 Å². The summed E-state index contributed by atoms with van der Waals surface area (Å²) in [5.74, 6) is 0.396. The SMILES string of the molecule is CCC[C@H](NC1CCc2cc(Cl)cc(Cl)c2C1)C(=O)Nc1ncc(C(C)C)s1. The number of fused-ring (bicyclic) bond motifs is 1. The lowest BCUT2D eigenvalue weighted by Gasteiger charge is -2.30. The maximum Gasteiger partial charge on any atom is 0.243 e. The van der Waals surface area contributed by atoms with Crippen LogP contribution in [0.15, 0.2) is 18.3 Å². The number of hydrogen-bond donors (Lipinski definition) is 2. The van der Waals surface area contributed by atoms with Gasteiger partial charge in [-0.15, -0.1) is 11.3 Å². The molecule has 0 saturated carbocycles. The lowest BCUT2D eigenvalue weighted by atomic mass is 9.87. The van der Waals surface area contributed by atoms with Crippen LogP contribution in [0, 0.1) is 0 Å². The number of carbonyl (C=O) groups is 1. The van der Waals surface area contributed by atoms with Crippen molar-refractivity contribution in [2.24, 2.45) is 0 Å². The van der Waals surface area contributed by atoms with Gasteiger partial charge in [0.05, 0.1) is 6.04 Å². The van der Waals surface area contributed by atoms with E-state index in [4.69, 9.17) is 23.2 Å². The Labute approximate surface area is 181 Å². The van der Waals surface area contributed by atoms with Gasteiger partial charge in [0.25, 0.3) is 0 Å². The lowest BCUT2D eigenvalue weighted by Crippen LogP contribution is -2.47. The molecular weight excluding hydrogens is 413 g/mol. The number of anilines is 1. The number of amides is 1. The maximum atomic E-state index is 12.9. The number of carbonyl (C=O) groups excluding carboxylic acids is 1. The lowest BCUT2D eigenvalue weighted by molar-refractivity contribution is -0.118. The Kier molecular flexibility index (Phi) is 7.37. The number of benzene rings is 1. The van der Waals surface area contributed by atoms with Gasteiger partial charge < -0.3 is 10.6 Å². The molecule has 0 spiro atoms. The van der Waals surface area contributed by atoms with Crippen LogP contribution >= 0.6 is 34.5 Å². The van der Waals surface area contributed by atoms with E-state index < -0.39 is 0 Å². The Morgan fingerprint density at radius 1 is 1.36 bits per heavy atom. The first-order valence-corrected chi connectivity index (χ1v) is 11.4. The van der Waals surface area contributed by atoms with Gasteiger partial charge in [-0.3, -0.25) is 4.79 Å². The predicted molar refractivity (Wildman–Crippen MR) is 119 cm³/mol. The summed E-state index contributed by atoms with van der Waals surface area (Å²) < 4.78 is 0. The summed E-state index contributed by atoms with van der Waals surface area (Å²) in [6.45, 7) is 6.34. The Balaban J connectivity index is 1.66. The van der Waals surface area contributed by atoms with Gasteiger partial charge >= 0.3 is 0 Å². The van der Waals surface area contributed by atoms with Crippen molar-refractivity contribution in [2.45, 2.75) is 70.9 Å². The smallest absolute Gasteiger partial charge is 0.243 e. The first-order valence-electron chi connectivity index (χ1n) is 9.86. The zero-order chi connectivity index (χ0) is 20.3. The molecular formula is C21H27Cl2N3OS. The summed E-state index contributed by atoms with van der Waals surface area (Å²) in [6.07, 6.45) is 6.25.